The van der Waals surface area contributed by atoms with Crippen molar-refractivity contribution < 1.29 is 14.4 Å². The number of hydrogen-bond acceptors (Lipinski definition) is 5. The summed E-state index contributed by atoms with van der Waals surface area (Å²) in [5, 5.41) is 8.96. The van der Waals surface area contributed by atoms with E-state index in [1.807, 2.05) is 30.3 Å². The summed E-state index contributed by atoms with van der Waals surface area (Å²) in [5.41, 5.74) is 3.39. The predicted octanol–water partition coefficient (Wildman–Crippen LogP) is 3.78. The molecule has 0 bridgehead atoms. The van der Waals surface area contributed by atoms with Gasteiger partial charge in [-0.2, -0.15) is 0 Å². The molecule has 0 radical (unpaired) electrons. The zero-order valence-electron chi connectivity index (χ0n) is 15.8. The SMILES string of the molecule is CC(=O)Nc1ccc2nc(NC(=O)CCC3Cc4ccccc4NC3=O)sc2c1. The average molecular weight is 408 g/mol. The molecule has 0 fully saturated rings. The van der Waals surface area contributed by atoms with Gasteiger partial charge in [0.1, 0.15) is 0 Å². The number of rotatable bonds is 5. The molecular weight excluding hydrogens is 388 g/mol. The maximum atomic E-state index is 12.4. The Kier molecular flexibility index (Phi) is 5.26. The van der Waals surface area contributed by atoms with Crippen molar-refractivity contribution in [3.05, 3.63) is 48.0 Å². The average Bonchev–Trinajstić information content (AvgIpc) is 3.07. The topological polar surface area (TPSA) is 100 Å². The van der Waals surface area contributed by atoms with E-state index in [1.54, 1.807) is 12.1 Å². The van der Waals surface area contributed by atoms with Crippen LogP contribution in [0.2, 0.25) is 0 Å². The Morgan fingerprint density at radius 1 is 1.21 bits per heavy atom. The zero-order valence-corrected chi connectivity index (χ0v) is 16.6. The molecule has 4 rings (SSSR count). The van der Waals surface area contributed by atoms with Crippen LogP contribution in [0, 0.1) is 5.92 Å². The summed E-state index contributed by atoms with van der Waals surface area (Å²) in [4.78, 5) is 40.2. The van der Waals surface area contributed by atoms with E-state index in [0.717, 1.165) is 21.5 Å². The minimum absolute atomic E-state index is 0.0398. The van der Waals surface area contributed by atoms with E-state index in [0.29, 0.717) is 23.7 Å². The van der Waals surface area contributed by atoms with E-state index in [4.69, 9.17) is 0 Å². The van der Waals surface area contributed by atoms with Crippen molar-refractivity contribution in [3.8, 4) is 0 Å². The molecule has 1 unspecified atom stereocenters. The summed E-state index contributed by atoms with van der Waals surface area (Å²) < 4.78 is 0.870. The summed E-state index contributed by atoms with van der Waals surface area (Å²) in [5.74, 6) is -0.567. The van der Waals surface area contributed by atoms with Crippen LogP contribution >= 0.6 is 11.3 Å². The number of nitrogens with zero attached hydrogens (tertiary/aromatic N) is 1. The standard InChI is InChI=1S/C21H20N4O3S/c1-12(26)22-15-7-8-17-18(11-15)29-21(24-17)25-19(27)9-6-14-10-13-4-2-3-5-16(13)23-20(14)28/h2-5,7-8,11,14H,6,9-10H2,1H3,(H,22,26)(H,23,28)(H,24,25,27). The fraction of sp³-hybridized carbons (Fsp3) is 0.238. The molecule has 0 aliphatic carbocycles. The second-order valence-corrected chi connectivity index (χ2v) is 8.05. The van der Waals surface area contributed by atoms with Crippen molar-refractivity contribution in [2.24, 2.45) is 5.92 Å². The highest BCUT2D eigenvalue weighted by atomic mass is 32.1. The first-order chi connectivity index (χ1) is 14.0. The molecule has 3 N–H and O–H groups in total. The van der Waals surface area contributed by atoms with Crippen molar-refractivity contribution in [1.82, 2.24) is 4.98 Å². The smallest absolute Gasteiger partial charge is 0.227 e. The third-order valence-electron chi connectivity index (χ3n) is 4.79. The molecule has 2 aromatic carbocycles. The molecule has 0 saturated heterocycles. The number of anilines is 3. The lowest BCUT2D eigenvalue weighted by Gasteiger charge is -2.24. The zero-order chi connectivity index (χ0) is 20.4. The van der Waals surface area contributed by atoms with Gasteiger partial charge >= 0.3 is 0 Å². The molecule has 8 heteroatoms. The van der Waals surface area contributed by atoms with Crippen molar-refractivity contribution >= 4 is 55.8 Å². The molecule has 148 valence electrons. The van der Waals surface area contributed by atoms with E-state index in [-0.39, 0.29) is 30.1 Å². The monoisotopic (exact) mass is 408 g/mol. The fourth-order valence-electron chi connectivity index (χ4n) is 3.39. The van der Waals surface area contributed by atoms with E-state index in [9.17, 15) is 14.4 Å². The number of hydrogen-bond donors (Lipinski definition) is 3. The van der Waals surface area contributed by atoms with Gasteiger partial charge in [-0.25, -0.2) is 4.98 Å². The second-order valence-electron chi connectivity index (χ2n) is 7.02. The first kappa shape index (κ1) is 19.1. The molecule has 1 aromatic heterocycles. The summed E-state index contributed by atoms with van der Waals surface area (Å²) in [7, 11) is 0. The molecule has 1 aliphatic heterocycles. The Labute approximate surface area is 171 Å². The number of carbonyl (C=O) groups excluding carboxylic acids is 3. The fourth-order valence-corrected chi connectivity index (χ4v) is 4.31. The lowest BCUT2D eigenvalue weighted by atomic mass is 9.89. The first-order valence-corrected chi connectivity index (χ1v) is 10.2. The largest absolute Gasteiger partial charge is 0.326 e. The maximum Gasteiger partial charge on any atom is 0.227 e. The van der Waals surface area contributed by atoms with Crippen molar-refractivity contribution in [3.63, 3.8) is 0 Å². The molecule has 2 heterocycles. The molecular formula is C21H20N4O3S. The summed E-state index contributed by atoms with van der Waals surface area (Å²) in [6.45, 7) is 1.45. The third-order valence-corrected chi connectivity index (χ3v) is 5.72. The highest BCUT2D eigenvalue weighted by molar-refractivity contribution is 7.22. The van der Waals surface area contributed by atoms with Gasteiger partial charge in [0.25, 0.3) is 0 Å². The van der Waals surface area contributed by atoms with Gasteiger partial charge in [-0.1, -0.05) is 29.5 Å². The van der Waals surface area contributed by atoms with Gasteiger partial charge in [-0.3, -0.25) is 14.4 Å². The van der Waals surface area contributed by atoms with Crippen molar-refractivity contribution in [1.29, 1.82) is 0 Å². The molecule has 1 atom stereocenters. The van der Waals surface area contributed by atoms with Gasteiger partial charge in [0.2, 0.25) is 17.7 Å². The molecule has 3 aromatic rings. The van der Waals surface area contributed by atoms with Crippen LogP contribution < -0.4 is 16.0 Å². The van der Waals surface area contributed by atoms with Crippen LogP contribution in [0.4, 0.5) is 16.5 Å². The van der Waals surface area contributed by atoms with Crippen LogP contribution in [0.3, 0.4) is 0 Å². The first-order valence-electron chi connectivity index (χ1n) is 9.35. The van der Waals surface area contributed by atoms with Crippen LogP contribution in [0.5, 0.6) is 0 Å². The minimum Gasteiger partial charge on any atom is -0.326 e. The second kappa shape index (κ2) is 8.00. The van der Waals surface area contributed by atoms with Crippen LogP contribution in [-0.4, -0.2) is 22.7 Å². The third kappa shape index (κ3) is 4.43. The Bertz CT molecular complexity index is 1110. The number of nitrogens with one attached hydrogen (secondary N) is 3. The highest BCUT2D eigenvalue weighted by Crippen LogP contribution is 2.30. The molecule has 7 nitrogen and oxygen atoms in total. The van der Waals surface area contributed by atoms with Gasteiger partial charge in [-0.05, 0) is 42.7 Å². The molecule has 29 heavy (non-hydrogen) atoms. The number of amides is 3. The highest BCUT2D eigenvalue weighted by Gasteiger charge is 2.26. The Hall–Kier alpha value is -3.26. The quantitative estimate of drug-likeness (QED) is 0.598. The van der Waals surface area contributed by atoms with Crippen LogP contribution in [0.25, 0.3) is 10.2 Å². The van der Waals surface area contributed by atoms with E-state index >= 15 is 0 Å². The van der Waals surface area contributed by atoms with Crippen LogP contribution in [0.1, 0.15) is 25.3 Å². The Morgan fingerprint density at radius 2 is 2.03 bits per heavy atom. The number of fused-ring (bicyclic) bond motifs is 2. The normalized spacial score (nSPS) is 15.5. The molecule has 0 spiro atoms. The number of benzene rings is 2. The van der Waals surface area contributed by atoms with E-state index in [2.05, 4.69) is 20.9 Å². The van der Waals surface area contributed by atoms with E-state index in [1.165, 1.54) is 18.3 Å². The van der Waals surface area contributed by atoms with Gasteiger partial charge in [0.05, 0.1) is 10.2 Å². The molecule has 0 saturated carbocycles. The van der Waals surface area contributed by atoms with Crippen molar-refractivity contribution in [2.45, 2.75) is 26.2 Å². The Morgan fingerprint density at radius 3 is 2.86 bits per heavy atom. The maximum absolute atomic E-state index is 12.4. The van der Waals surface area contributed by atoms with Crippen molar-refractivity contribution in [2.75, 3.05) is 16.0 Å². The summed E-state index contributed by atoms with van der Waals surface area (Å²) in [6.07, 6.45) is 1.36. The van der Waals surface area contributed by atoms with E-state index < -0.39 is 0 Å². The number of thiazole rings is 1. The van der Waals surface area contributed by atoms with Gasteiger partial charge < -0.3 is 16.0 Å². The lowest BCUT2D eigenvalue weighted by molar-refractivity contribution is -0.121. The molecule has 1 aliphatic rings. The summed E-state index contributed by atoms with van der Waals surface area (Å²) in [6, 6.07) is 13.1. The van der Waals surface area contributed by atoms with Crippen LogP contribution in [0.15, 0.2) is 42.5 Å². The van der Waals surface area contributed by atoms with Gasteiger partial charge in [0.15, 0.2) is 5.13 Å². The molecule has 3 amide bonds. The minimum atomic E-state index is -0.216. The van der Waals surface area contributed by atoms with Gasteiger partial charge in [0, 0.05) is 30.6 Å². The predicted molar refractivity (Wildman–Crippen MR) is 114 cm³/mol. The Balaban J connectivity index is 1.36. The summed E-state index contributed by atoms with van der Waals surface area (Å²) >= 11 is 1.35. The lowest BCUT2D eigenvalue weighted by Crippen LogP contribution is -2.30. The number of para-hydroxylation sites is 1. The van der Waals surface area contributed by atoms with Crippen LogP contribution in [-0.2, 0) is 20.8 Å². The number of carbonyl (C=O) groups is 3. The van der Waals surface area contributed by atoms with Gasteiger partial charge in [-0.15, -0.1) is 0 Å². The number of aromatic nitrogens is 1.